The summed E-state index contributed by atoms with van der Waals surface area (Å²) in [6.45, 7) is 1.65. The highest BCUT2D eigenvalue weighted by atomic mass is 35.5. The van der Waals surface area contributed by atoms with Gasteiger partial charge < -0.3 is 9.52 Å². The Labute approximate surface area is 189 Å². The maximum atomic E-state index is 14.8. The van der Waals surface area contributed by atoms with Gasteiger partial charge in [0.2, 0.25) is 5.78 Å². The molecular weight excluding hydrogens is 457 g/mol. The van der Waals surface area contributed by atoms with Crippen LogP contribution in [0.4, 0.5) is 9.52 Å². The first-order valence-electron chi connectivity index (χ1n) is 9.39. The van der Waals surface area contributed by atoms with Crippen LogP contribution in [0.5, 0.6) is 0 Å². The number of aromatic nitrogens is 2. The van der Waals surface area contributed by atoms with Crippen molar-refractivity contribution in [1.29, 1.82) is 0 Å². The number of nitrogens with zero attached hydrogens (tertiary/aromatic N) is 3. The number of Topliss-reactive ketones (excluding diaryl/α,β-unsaturated/α-hetero) is 1. The Morgan fingerprint density at radius 3 is 2.78 bits per heavy atom. The smallest absolute Gasteiger partial charge is 0.296 e. The van der Waals surface area contributed by atoms with Gasteiger partial charge in [-0.1, -0.05) is 29.0 Å². The molecular formula is C22H13ClFN3O4S. The van der Waals surface area contributed by atoms with E-state index in [2.05, 4.69) is 9.97 Å². The minimum absolute atomic E-state index is 0.0191. The summed E-state index contributed by atoms with van der Waals surface area (Å²) in [6, 6.07) is 8.25. The SMILES string of the molecule is Cc1ccc(C(=O)C2=C(O)C(=O)N(c3nc4c(Cl)cccc4s3)C2c2ccncc2F)o1. The molecule has 1 aliphatic heterocycles. The van der Waals surface area contributed by atoms with Crippen LogP contribution in [-0.4, -0.2) is 26.8 Å². The number of hydrogen-bond donors (Lipinski definition) is 1. The number of anilines is 1. The predicted molar refractivity (Wildman–Crippen MR) is 116 cm³/mol. The number of aliphatic hydroxyl groups is 1. The number of fused-ring (bicyclic) bond motifs is 1. The zero-order valence-electron chi connectivity index (χ0n) is 16.4. The third-order valence-electron chi connectivity index (χ3n) is 5.08. The Balaban J connectivity index is 1.71. The van der Waals surface area contributed by atoms with Crippen molar-refractivity contribution < 1.29 is 23.5 Å². The largest absolute Gasteiger partial charge is 0.503 e. The summed E-state index contributed by atoms with van der Waals surface area (Å²) in [7, 11) is 0. The number of rotatable bonds is 4. The van der Waals surface area contributed by atoms with Crippen molar-refractivity contribution >= 4 is 50.0 Å². The molecule has 1 N–H and O–H groups in total. The van der Waals surface area contributed by atoms with Gasteiger partial charge in [-0.25, -0.2) is 9.37 Å². The fourth-order valence-corrected chi connectivity index (χ4v) is 4.92. The number of carbonyl (C=O) groups is 2. The molecule has 4 heterocycles. The summed E-state index contributed by atoms with van der Waals surface area (Å²) < 4.78 is 20.9. The molecule has 1 aliphatic rings. The summed E-state index contributed by atoms with van der Waals surface area (Å²) in [5, 5.41) is 11.3. The number of hydrogen-bond acceptors (Lipinski definition) is 7. The number of furan rings is 1. The molecule has 0 saturated carbocycles. The van der Waals surface area contributed by atoms with Crippen molar-refractivity contribution in [1.82, 2.24) is 9.97 Å². The first-order valence-corrected chi connectivity index (χ1v) is 10.6. The molecule has 32 heavy (non-hydrogen) atoms. The van der Waals surface area contributed by atoms with Crippen LogP contribution >= 0.6 is 22.9 Å². The first kappa shape index (κ1) is 20.3. The van der Waals surface area contributed by atoms with E-state index in [9.17, 15) is 19.1 Å². The van der Waals surface area contributed by atoms with Gasteiger partial charge in [-0.15, -0.1) is 0 Å². The van der Waals surface area contributed by atoms with E-state index >= 15 is 0 Å². The number of aryl methyl sites for hydroxylation is 1. The van der Waals surface area contributed by atoms with E-state index in [1.165, 1.54) is 18.3 Å². The summed E-state index contributed by atoms with van der Waals surface area (Å²) in [5.41, 5.74) is 0.131. The van der Waals surface area contributed by atoms with E-state index in [4.69, 9.17) is 16.0 Å². The second kappa shape index (κ2) is 7.54. The highest BCUT2D eigenvalue weighted by Gasteiger charge is 2.47. The molecule has 4 aromatic rings. The highest BCUT2D eigenvalue weighted by molar-refractivity contribution is 7.22. The molecule has 0 bridgehead atoms. The summed E-state index contributed by atoms with van der Waals surface area (Å²) in [6.07, 6.45) is 2.31. The predicted octanol–water partition coefficient (Wildman–Crippen LogP) is 5.17. The van der Waals surface area contributed by atoms with Crippen molar-refractivity contribution in [2.45, 2.75) is 13.0 Å². The second-order valence-corrected chi connectivity index (χ2v) is 8.48. The third-order valence-corrected chi connectivity index (χ3v) is 6.40. The molecule has 0 fully saturated rings. The molecule has 5 rings (SSSR count). The number of para-hydroxylation sites is 1. The minimum atomic E-state index is -1.28. The highest BCUT2D eigenvalue weighted by Crippen LogP contribution is 2.45. The number of thiazole rings is 1. The Morgan fingerprint density at radius 2 is 2.09 bits per heavy atom. The molecule has 1 unspecified atom stereocenters. The monoisotopic (exact) mass is 469 g/mol. The van der Waals surface area contributed by atoms with Crippen LogP contribution in [0.1, 0.15) is 27.9 Å². The zero-order valence-corrected chi connectivity index (χ0v) is 17.9. The molecule has 160 valence electrons. The lowest BCUT2D eigenvalue weighted by Gasteiger charge is -2.24. The van der Waals surface area contributed by atoms with Crippen LogP contribution in [0.2, 0.25) is 5.02 Å². The number of amides is 1. The van der Waals surface area contributed by atoms with Gasteiger partial charge in [-0.05, 0) is 37.3 Å². The van der Waals surface area contributed by atoms with E-state index in [1.807, 2.05) is 0 Å². The number of ketones is 1. The number of halogens is 2. The molecule has 7 nitrogen and oxygen atoms in total. The van der Waals surface area contributed by atoms with Gasteiger partial charge in [-0.3, -0.25) is 19.5 Å². The van der Waals surface area contributed by atoms with Gasteiger partial charge in [0.25, 0.3) is 5.91 Å². The Morgan fingerprint density at radius 1 is 1.28 bits per heavy atom. The summed E-state index contributed by atoms with van der Waals surface area (Å²) in [4.78, 5) is 35.7. The van der Waals surface area contributed by atoms with Crippen LogP contribution in [0.25, 0.3) is 10.2 Å². The molecule has 10 heteroatoms. The number of pyridine rings is 1. The molecule has 1 amide bonds. The third kappa shape index (κ3) is 3.09. The van der Waals surface area contributed by atoms with Crippen LogP contribution in [0, 0.1) is 12.7 Å². The van der Waals surface area contributed by atoms with Crippen molar-refractivity contribution in [2.75, 3.05) is 4.90 Å². The lowest BCUT2D eigenvalue weighted by molar-refractivity contribution is -0.117. The Bertz CT molecular complexity index is 1440. The summed E-state index contributed by atoms with van der Waals surface area (Å²) >= 11 is 7.36. The standard InChI is InChI=1S/C22H13ClFN3O4S/c1-10-5-6-14(31-10)19(28)16-18(11-7-8-25-9-13(11)24)27(21(30)20(16)29)22-26-17-12(23)3-2-4-15(17)32-22/h2-9,18,29H,1H3. The first-order chi connectivity index (χ1) is 15.4. The fraction of sp³-hybridized carbons (Fsp3) is 0.0909. The van der Waals surface area contributed by atoms with Crippen molar-refractivity contribution in [3.05, 3.63) is 88.0 Å². The Kier molecular flexibility index (Phi) is 4.79. The van der Waals surface area contributed by atoms with Crippen LogP contribution in [-0.2, 0) is 4.79 Å². The van der Waals surface area contributed by atoms with E-state index in [0.29, 0.717) is 21.0 Å². The maximum Gasteiger partial charge on any atom is 0.296 e. The molecule has 1 aromatic carbocycles. The topological polar surface area (TPSA) is 96.5 Å². The molecule has 0 spiro atoms. The van der Waals surface area contributed by atoms with E-state index < -0.39 is 29.3 Å². The quantitative estimate of drug-likeness (QED) is 0.414. The van der Waals surface area contributed by atoms with Gasteiger partial charge in [0.1, 0.15) is 23.1 Å². The Hall–Kier alpha value is -3.56. The number of carbonyl (C=O) groups excluding carboxylic acids is 2. The van der Waals surface area contributed by atoms with Crippen LogP contribution < -0.4 is 4.90 Å². The van der Waals surface area contributed by atoms with Crippen molar-refractivity contribution in [3.63, 3.8) is 0 Å². The summed E-state index contributed by atoms with van der Waals surface area (Å²) in [5.74, 6) is -2.76. The van der Waals surface area contributed by atoms with Crippen LogP contribution in [0.15, 0.2) is 64.5 Å². The molecule has 0 saturated heterocycles. The zero-order chi connectivity index (χ0) is 22.6. The maximum absolute atomic E-state index is 14.8. The molecule has 0 aliphatic carbocycles. The lowest BCUT2D eigenvalue weighted by Crippen LogP contribution is -2.31. The van der Waals surface area contributed by atoms with E-state index in [-0.39, 0.29) is 22.0 Å². The van der Waals surface area contributed by atoms with Crippen molar-refractivity contribution in [2.24, 2.45) is 0 Å². The average molecular weight is 470 g/mol. The number of benzene rings is 1. The van der Waals surface area contributed by atoms with Gasteiger partial charge in [-0.2, -0.15) is 0 Å². The van der Waals surface area contributed by atoms with Gasteiger partial charge in [0.15, 0.2) is 16.7 Å². The van der Waals surface area contributed by atoms with Crippen molar-refractivity contribution in [3.8, 4) is 0 Å². The van der Waals surface area contributed by atoms with Crippen LogP contribution in [0.3, 0.4) is 0 Å². The molecule has 0 radical (unpaired) electrons. The molecule has 3 aromatic heterocycles. The normalized spacial score (nSPS) is 16.4. The van der Waals surface area contributed by atoms with E-state index in [0.717, 1.165) is 22.4 Å². The molecule has 1 atom stereocenters. The van der Waals surface area contributed by atoms with Gasteiger partial charge >= 0.3 is 0 Å². The second-order valence-electron chi connectivity index (χ2n) is 7.06. The van der Waals surface area contributed by atoms with Gasteiger partial charge in [0.05, 0.1) is 21.5 Å². The van der Waals surface area contributed by atoms with E-state index in [1.54, 1.807) is 31.2 Å². The fourth-order valence-electron chi connectivity index (χ4n) is 3.63. The van der Waals surface area contributed by atoms with Gasteiger partial charge in [0, 0.05) is 11.8 Å². The minimum Gasteiger partial charge on any atom is -0.503 e. The lowest BCUT2D eigenvalue weighted by atomic mass is 9.95. The number of aliphatic hydroxyl groups excluding tert-OH is 1. The average Bonchev–Trinajstić information content (AvgIpc) is 3.46.